The van der Waals surface area contributed by atoms with E-state index >= 15 is 0 Å². The molecule has 0 amide bonds. The van der Waals surface area contributed by atoms with Crippen LogP contribution in [-0.2, 0) is 10.8 Å². The molecule has 6 nitrogen and oxygen atoms in total. The summed E-state index contributed by atoms with van der Waals surface area (Å²) in [5.74, 6) is 1.60. The summed E-state index contributed by atoms with van der Waals surface area (Å²) in [7, 11) is -0.740. The molecule has 1 fully saturated rings. The number of hydrogen-bond donors (Lipinski definition) is 1. The molecule has 1 saturated heterocycles. The second-order valence-corrected chi connectivity index (χ2v) is 6.72. The molecular weight excluding hydrogens is 292 g/mol. The van der Waals surface area contributed by atoms with Crippen molar-refractivity contribution in [3.63, 3.8) is 0 Å². The fourth-order valence-corrected chi connectivity index (χ4v) is 3.61. The third-order valence-electron chi connectivity index (χ3n) is 3.39. The van der Waals surface area contributed by atoms with Gasteiger partial charge in [-0.1, -0.05) is 13.0 Å². The summed E-state index contributed by atoms with van der Waals surface area (Å²) in [5, 5.41) is 14.5. The van der Waals surface area contributed by atoms with Crippen molar-refractivity contribution < 1.29 is 13.9 Å². The summed E-state index contributed by atoms with van der Waals surface area (Å²) >= 11 is 0. The van der Waals surface area contributed by atoms with Crippen molar-refractivity contribution in [1.82, 2.24) is 0 Å². The van der Waals surface area contributed by atoms with Gasteiger partial charge in [-0.25, -0.2) is 0 Å². The Kier molecular flexibility index (Phi) is 5.55. The van der Waals surface area contributed by atoms with Gasteiger partial charge < -0.3 is 10.1 Å². The van der Waals surface area contributed by atoms with Gasteiger partial charge in [0.05, 0.1) is 11.5 Å². The molecule has 1 N–H and O–H groups in total. The molecule has 1 aliphatic heterocycles. The summed E-state index contributed by atoms with van der Waals surface area (Å²) in [6.45, 7) is 2.41. The Hall–Kier alpha value is -1.63. The molecule has 2 rings (SSSR count). The maximum Gasteiger partial charge on any atom is 0.333 e. The second kappa shape index (κ2) is 7.40. The zero-order valence-electron chi connectivity index (χ0n) is 12.0. The summed E-state index contributed by atoms with van der Waals surface area (Å²) < 4.78 is 16.8. The lowest BCUT2D eigenvalue weighted by Crippen LogP contribution is -2.29. The minimum atomic E-state index is -0.740. The van der Waals surface area contributed by atoms with Gasteiger partial charge in [-0.15, -0.1) is 0 Å². The van der Waals surface area contributed by atoms with Crippen LogP contribution in [0.5, 0.6) is 5.75 Å². The van der Waals surface area contributed by atoms with Gasteiger partial charge in [0.15, 0.2) is 5.75 Å². The lowest BCUT2D eigenvalue weighted by atomic mass is 10.1. The Balaban J connectivity index is 2.17. The summed E-state index contributed by atoms with van der Waals surface area (Å²) in [6, 6.07) is 5.20. The third-order valence-corrected chi connectivity index (χ3v) is 4.77. The first kappa shape index (κ1) is 15.8. The average Bonchev–Trinajstić information content (AvgIpc) is 2.47. The molecule has 116 valence electrons. The SMILES string of the molecule is CCCOc1cccc(NC2CCS(=O)CC2)c1[N+](=O)[O-]. The van der Waals surface area contributed by atoms with Crippen LogP contribution in [0.3, 0.4) is 0 Å². The van der Waals surface area contributed by atoms with Crippen molar-refractivity contribution in [3.8, 4) is 5.75 Å². The van der Waals surface area contributed by atoms with Crippen molar-refractivity contribution in [2.75, 3.05) is 23.4 Å². The highest BCUT2D eigenvalue weighted by Crippen LogP contribution is 2.35. The van der Waals surface area contributed by atoms with Crippen LogP contribution in [0.1, 0.15) is 26.2 Å². The molecule has 0 aromatic heterocycles. The highest BCUT2D eigenvalue weighted by atomic mass is 32.2. The van der Waals surface area contributed by atoms with Crippen molar-refractivity contribution >= 4 is 22.2 Å². The Morgan fingerprint density at radius 2 is 2.14 bits per heavy atom. The van der Waals surface area contributed by atoms with Gasteiger partial charge in [-0.05, 0) is 31.4 Å². The lowest BCUT2D eigenvalue weighted by Gasteiger charge is -2.23. The van der Waals surface area contributed by atoms with Crippen LogP contribution in [-0.4, -0.2) is 33.3 Å². The molecule has 1 aliphatic rings. The minimum absolute atomic E-state index is 0.0161. The predicted molar refractivity (Wildman–Crippen MR) is 83.4 cm³/mol. The zero-order valence-corrected chi connectivity index (χ0v) is 12.9. The lowest BCUT2D eigenvalue weighted by molar-refractivity contribution is -0.385. The number of anilines is 1. The number of nitrogens with one attached hydrogen (secondary N) is 1. The Bertz CT molecular complexity index is 526. The number of nitro groups is 1. The number of hydrogen-bond acceptors (Lipinski definition) is 5. The van der Waals surface area contributed by atoms with E-state index in [1.54, 1.807) is 18.2 Å². The first-order valence-corrected chi connectivity index (χ1v) is 8.62. The maximum atomic E-state index is 11.4. The molecule has 0 radical (unpaired) electrons. The molecule has 1 heterocycles. The third kappa shape index (κ3) is 4.17. The number of benzene rings is 1. The number of para-hydroxylation sites is 1. The molecule has 0 saturated carbocycles. The average molecular weight is 312 g/mol. The van der Waals surface area contributed by atoms with Crippen LogP contribution in [0.25, 0.3) is 0 Å². The number of nitrogens with zero attached hydrogens (tertiary/aromatic N) is 1. The molecular formula is C14H20N2O4S. The van der Waals surface area contributed by atoms with E-state index in [-0.39, 0.29) is 11.7 Å². The first-order chi connectivity index (χ1) is 10.1. The van der Waals surface area contributed by atoms with E-state index in [0.29, 0.717) is 29.5 Å². The zero-order chi connectivity index (χ0) is 15.2. The highest BCUT2D eigenvalue weighted by Gasteiger charge is 2.24. The summed E-state index contributed by atoms with van der Waals surface area (Å²) in [6.07, 6.45) is 2.33. The van der Waals surface area contributed by atoms with E-state index in [4.69, 9.17) is 4.74 Å². The van der Waals surface area contributed by atoms with Gasteiger partial charge in [-0.3, -0.25) is 14.3 Å². The monoisotopic (exact) mass is 312 g/mol. The predicted octanol–water partition coefficient (Wildman–Crippen LogP) is 2.71. The van der Waals surface area contributed by atoms with Crippen molar-refractivity contribution in [2.24, 2.45) is 0 Å². The van der Waals surface area contributed by atoms with Crippen LogP contribution < -0.4 is 10.1 Å². The maximum absolute atomic E-state index is 11.4. The van der Waals surface area contributed by atoms with Gasteiger partial charge in [0, 0.05) is 28.3 Å². The fourth-order valence-electron chi connectivity index (χ4n) is 2.31. The van der Waals surface area contributed by atoms with Crippen LogP contribution >= 0.6 is 0 Å². The van der Waals surface area contributed by atoms with E-state index in [9.17, 15) is 14.3 Å². The Labute approximate surface area is 126 Å². The molecule has 1 aromatic rings. The first-order valence-electron chi connectivity index (χ1n) is 7.13. The molecule has 0 aliphatic carbocycles. The van der Waals surface area contributed by atoms with E-state index < -0.39 is 15.7 Å². The van der Waals surface area contributed by atoms with Gasteiger partial charge in [0.2, 0.25) is 0 Å². The van der Waals surface area contributed by atoms with Crippen LogP contribution in [0, 0.1) is 10.1 Å². The topological polar surface area (TPSA) is 81.5 Å². The molecule has 0 bridgehead atoms. The van der Waals surface area contributed by atoms with Crippen LogP contribution in [0.2, 0.25) is 0 Å². The van der Waals surface area contributed by atoms with Gasteiger partial charge in [-0.2, -0.15) is 0 Å². The van der Waals surface area contributed by atoms with E-state index in [1.807, 2.05) is 6.92 Å². The molecule has 1 aromatic carbocycles. The van der Waals surface area contributed by atoms with Crippen molar-refractivity contribution in [1.29, 1.82) is 0 Å². The number of rotatable bonds is 6. The highest BCUT2D eigenvalue weighted by molar-refractivity contribution is 7.85. The Morgan fingerprint density at radius 3 is 2.76 bits per heavy atom. The minimum Gasteiger partial charge on any atom is -0.487 e. The summed E-state index contributed by atoms with van der Waals surface area (Å²) in [5.41, 5.74) is 0.462. The normalized spacial score (nSPS) is 21.8. The second-order valence-electron chi connectivity index (χ2n) is 5.02. The number of nitro benzene ring substituents is 1. The Morgan fingerprint density at radius 1 is 1.43 bits per heavy atom. The quantitative estimate of drug-likeness (QED) is 0.645. The molecule has 0 atom stereocenters. The van der Waals surface area contributed by atoms with Crippen molar-refractivity contribution in [2.45, 2.75) is 32.2 Å². The molecule has 21 heavy (non-hydrogen) atoms. The van der Waals surface area contributed by atoms with E-state index in [0.717, 1.165) is 19.3 Å². The standard InChI is InChI=1S/C14H20N2O4S/c1-2-8-20-13-5-3-4-12(14(13)16(17)18)15-11-6-9-21(19)10-7-11/h3-5,11,15H,2,6-10H2,1H3. The fraction of sp³-hybridized carbons (Fsp3) is 0.571. The summed E-state index contributed by atoms with van der Waals surface area (Å²) in [4.78, 5) is 10.9. The molecule has 0 spiro atoms. The van der Waals surface area contributed by atoms with Crippen LogP contribution in [0.4, 0.5) is 11.4 Å². The largest absolute Gasteiger partial charge is 0.487 e. The van der Waals surface area contributed by atoms with Gasteiger partial charge in [0.1, 0.15) is 5.69 Å². The van der Waals surface area contributed by atoms with Gasteiger partial charge in [0.25, 0.3) is 0 Å². The molecule has 0 unspecified atom stereocenters. The molecule has 7 heteroatoms. The van der Waals surface area contributed by atoms with Gasteiger partial charge >= 0.3 is 5.69 Å². The van der Waals surface area contributed by atoms with Crippen molar-refractivity contribution in [3.05, 3.63) is 28.3 Å². The smallest absolute Gasteiger partial charge is 0.333 e. The number of ether oxygens (including phenoxy) is 1. The van der Waals surface area contributed by atoms with E-state index in [1.165, 1.54) is 0 Å². The van der Waals surface area contributed by atoms with Crippen LogP contribution in [0.15, 0.2) is 18.2 Å². The van der Waals surface area contributed by atoms with E-state index in [2.05, 4.69) is 5.32 Å².